The molecule has 5 nitrogen and oxygen atoms in total. The Bertz CT molecular complexity index is 1550. The smallest absolute Gasteiger partial charge is 0.290 e. The number of aryl methyl sites for hydroxylation is 1. The number of benzene rings is 3. The van der Waals surface area contributed by atoms with Crippen molar-refractivity contribution < 1.29 is 19.7 Å². The van der Waals surface area contributed by atoms with Crippen LogP contribution in [0.2, 0.25) is 0 Å². The number of fused-ring (bicyclic) bond motifs is 1. The quantitative estimate of drug-likeness (QED) is 0.216. The van der Waals surface area contributed by atoms with Crippen molar-refractivity contribution in [2.45, 2.75) is 65.9 Å². The molecular formula is C34H37NO4. The molecule has 202 valence electrons. The Kier molecular flexibility index (Phi) is 8.57. The minimum atomic E-state index is -0.500. The van der Waals surface area contributed by atoms with Gasteiger partial charge in [0.15, 0.2) is 0 Å². The zero-order valence-electron chi connectivity index (χ0n) is 23.5. The fourth-order valence-corrected chi connectivity index (χ4v) is 4.95. The molecule has 39 heavy (non-hydrogen) atoms. The van der Waals surface area contributed by atoms with Crippen molar-refractivity contribution in [3.8, 4) is 28.7 Å². The first-order valence-corrected chi connectivity index (χ1v) is 13.6. The molecule has 2 heterocycles. The van der Waals surface area contributed by atoms with E-state index in [0.717, 1.165) is 36.3 Å². The molecule has 2 N–H and O–H groups in total. The Morgan fingerprint density at radius 3 is 2.51 bits per heavy atom. The van der Waals surface area contributed by atoms with Crippen LogP contribution in [0.15, 0.2) is 48.7 Å². The zero-order chi connectivity index (χ0) is 28.2. The molecule has 4 aromatic rings. The maximum Gasteiger partial charge on any atom is 0.290 e. The number of carbonyl (C=O) groups is 1. The third-order valence-electron chi connectivity index (χ3n) is 6.66. The van der Waals surface area contributed by atoms with Gasteiger partial charge in [-0.3, -0.25) is 9.78 Å². The van der Waals surface area contributed by atoms with E-state index in [1.54, 1.807) is 20.8 Å². The molecule has 1 aliphatic carbocycles. The molecule has 0 saturated heterocycles. The molecule has 0 unspecified atom stereocenters. The topological polar surface area (TPSA) is 79.7 Å². The van der Waals surface area contributed by atoms with Crippen LogP contribution < -0.4 is 4.74 Å². The van der Waals surface area contributed by atoms with E-state index in [1.165, 1.54) is 56.8 Å². The minimum Gasteiger partial charge on any atom is -0.493 e. The second-order valence-electron chi connectivity index (χ2n) is 11.1. The Balaban J connectivity index is 0.000000393. The number of rotatable bonds is 2. The number of aromatic nitrogens is 1. The lowest BCUT2D eigenvalue weighted by Gasteiger charge is -2.21. The summed E-state index contributed by atoms with van der Waals surface area (Å²) in [5.41, 5.74) is 8.22. The molecule has 5 heteroatoms. The maximum atomic E-state index is 8.52. The highest BCUT2D eigenvalue weighted by atomic mass is 16.5. The number of aliphatic hydroxyl groups is 1. The van der Waals surface area contributed by atoms with Gasteiger partial charge in [-0.2, -0.15) is 0 Å². The number of hydrogen-bond acceptors (Lipinski definition) is 4. The summed E-state index contributed by atoms with van der Waals surface area (Å²) < 4.78 is 5.97. The standard InChI is InChI=1S/C29H25NO.C4H10O.CH2O2/c1-3-23-18(2)16-22-17-20(7-6-19-4-5-19)8-9-24(22)28(23)25-10-11-26-27-21(13-15-31-26)12-14-30-29(25)27;1-4(2,3)5;2-1-3/h8-12,14,16-17,19H,3-5,13,15H2,1-2H3;5H,1-3H3;1H,(H,2,3). The van der Waals surface area contributed by atoms with Crippen molar-refractivity contribution >= 4 is 28.1 Å². The van der Waals surface area contributed by atoms with Crippen LogP contribution >= 0.6 is 0 Å². The van der Waals surface area contributed by atoms with E-state index in [4.69, 9.17) is 24.7 Å². The van der Waals surface area contributed by atoms with Crippen molar-refractivity contribution in [2.24, 2.45) is 5.92 Å². The van der Waals surface area contributed by atoms with E-state index in [0.29, 0.717) is 5.92 Å². The molecule has 0 amide bonds. The van der Waals surface area contributed by atoms with Gasteiger partial charge in [-0.1, -0.05) is 30.9 Å². The lowest BCUT2D eigenvalue weighted by molar-refractivity contribution is -0.122. The monoisotopic (exact) mass is 523 g/mol. The third-order valence-corrected chi connectivity index (χ3v) is 6.66. The largest absolute Gasteiger partial charge is 0.493 e. The van der Waals surface area contributed by atoms with E-state index >= 15 is 0 Å². The Hall–Kier alpha value is -3.88. The van der Waals surface area contributed by atoms with Gasteiger partial charge in [0.25, 0.3) is 6.47 Å². The third kappa shape index (κ3) is 6.77. The summed E-state index contributed by atoms with van der Waals surface area (Å²) in [5, 5.41) is 19.1. The van der Waals surface area contributed by atoms with E-state index in [-0.39, 0.29) is 6.47 Å². The highest BCUT2D eigenvalue weighted by Crippen LogP contribution is 2.42. The van der Waals surface area contributed by atoms with Gasteiger partial charge in [-0.05, 0) is 110 Å². The normalized spacial score (nSPS) is 13.7. The molecule has 2 aliphatic rings. The van der Waals surface area contributed by atoms with E-state index < -0.39 is 5.60 Å². The highest BCUT2D eigenvalue weighted by molar-refractivity contribution is 6.08. The van der Waals surface area contributed by atoms with Crippen LogP contribution in [0.25, 0.3) is 32.8 Å². The molecule has 1 fully saturated rings. The number of hydrogen-bond donors (Lipinski definition) is 2. The first-order chi connectivity index (χ1) is 18.6. The minimum absolute atomic E-state index is 0.250. The fraction of sp³-hybridized carbons (Fsp3) is 0.353. The summed E-state index contributed by atoms with van der Waals surface area (Å²) in [6, 6.07) is 15.5. The predicted octanol–water partition coefficient (Wildman–Crippen LogP) is 7.10. The van der Waals surface area contributed by atoms with Crippen molar-refractivity contribution in [1.29, 1.82) is 0 Å². The van der Waals surface area contributed by atoms with Crippen molar-refractivity contribution in [3.63, 3.8) is 0 Å². The molecule has 1 saturated carbocycles. The van der Waals surface area contributed by atoms with Crippen LogP contribution in [0.1, 0.15) is 62.8 Å². The average molecular weight is 524 g/mol. The number of carboxylic acid groups (broad SMARTS) is 1. The van der Waals surface area contributed by atoms with Gasteiger partial charge in [-0.25, -0.2) is 0 Å². The molecule has 1 aromatic heterocycles. The van der Waals surface area contributed by atoms with Gasteiger partial charge >= 0.3 is 0 Å². The molecule has 1 aliphatic heterocycles. The number of pyridine rings is 1. The van der Waals surface area contributed by atoms with E-state index in [9.17, 15) is 0 Å². The van der Waals surface area contributed by atoms with Gasteiger partial charge in [0.05, 0.1) is 17.7 Å². The van der Waals surface area contributed by atoms with Gasteiger partial charge in [0.2, 0.25) is 0 Å². The van der Waals surface area contributed by atoms with E-state index in [1.807, 2.05) is 6.20 Å². The van der Waals surface area contributed by atoms with Gasteiger partial charge < -0.3 is 14.9 Å². The number of ether oxygens (including phenoxy) is 1. The lowest BCUT2D eigenvalue weighted by atomic mass is 9.86. The molecule has 0 bridgehead atoms. The van der Waals surface area contributed by atoms with Crippen LogP contribution in [0.3, 0.4) is 0 Å². The van der Waals surface area contributed by atoms with Crippen molar-refractivity contribution in [3.05, 3.63) is 70.9 Å². The van der Waals surface area contributed by atoms with Crippen LogP contribution in [0.5, 0.6) is 5.75 Å². The Labute approximate surface area is 230 Å². The first-order valence-electron chi connectivity index (χ1n) is 13.6. The van der Waals surface area contributed by atoms with Gasteiger partial charge in [-0.15, -0.1) is 0 Å². The van der Waals surface area contributed by atoms with Crippen LogP contribution in [-0.4, -0.2) is 33.9 Å². The average Bonchev–Trinajstić information content (AvgIpc) is 3.72. The Morgan fingerprint density at radius 1 is 1.13 bits per heavy atom. The van der Waals surface area contributed by atoms with Crippen LogP contribution in [0.4, 0.5) is 0 Å². The SMILES string of the molecule is CC(C)(C)O.CCc1c(C)cc2cc(C#CC3CC3)ccc2c1-c1ccc2c3c(ccnc13)CCO2.O=CO. The lowest BCUT2D eigenvalue weighted by Crippen LogP contribution is -2.10. The van der Waals surface area contributed by atoms with Crippen LogP contribution in [-0.2, 0) is 17.6 Å². The summed E-state index contributed by atoms with van der Waals surface area (Å²) in [7, 11) is 0. The summed E-state index contributed by atoms with van der Waals surface area (Å²) in [6.07, 6.45) is 6.38. The summed E-state index contributed by atoms with van der Waals surface area (Å²) in [5.74, 6) is 8.35. The van der Waals surface area contributed by atoms with Gasteiger partial charge in [0.1, 0.15) is 5.75 Å². The molecule has 0 radical (unpaired) electrons. The summed E-state index contributed by atoms with van der Waals surface area (Å²) in [6.45, 7) is 10.2. The molecular weight excluding hydrogens is 486 g/mol. The maximum absolute atomic E-state index is 8.52. The predicted molar refractivity (Wildman–Crippen MR) is 158 cm³/mol. The van der Waals surface area contributed by atoms with Crippen molar-refractivity contribution in [2.75, 3.05) is 6.61 Å². The van der Waals surface area contributed by atoms with Crippen LogP contribution in [0, 0.1) is 24.7 Å². The molecule has 3 aromatic carbocycles. The number of nitrogens with zero attached hydrogens (tertiary/aromatic N) is 1. The molecule has 6 rings (SSSR count). The summed E-state index contributed by atoms with van der Waals surface area (Å²) in [4.78, 5) is 13.2. The fourth-order valence-electron chi connectivity index (χ4n) is 4.95. The molecule has 0 spiro atoms. The molecule has 0 atom stereocenters. The Morgan fingerprint density at radius 2 is 1.85 bits per heavy atom. The van der Waals surface area contributed by atoms with E-state index in [2.05, 4.69) is 68.2 Å². The second kappa shape index (κ2) is 11.9. The zero-order valence-corrected chi connectivity index (χ0v) is 23.5. The summed E-state index contributed by atoms with van der Waals surface area (Å²) >= 11 is 0. The highest BCUT2D eigenvalue weighted by Gasteiger charge is 2.21. The van der Waals surface area contributed by atoms with Crippen molar-refractivity contribution in [1.82, 2.24) is 4.98 Å². The van der Waals surface area contributed by atoms with Gasteiger partial charge in [0, 0.05) is 35.0 Å². The first kappa shape index (κ1) is 28.1. The second-order valence-corrected chi connectivity index (χ2v) is 11.1.